The van der Waals surface area contributed by atoms with E-state index >= 15 is 0 Å². The highest BCUT2D eigenvalue weighted by molar-refractivity contribution is 7.93. The van der Waals surface area contributed by atoms with Crippen molar-refractivity contribution < 1.29 is 40.6 Å². The Balaban J connectivity index is 1.91. The van der Waals surface area contributed by atoms with E-state index in [9.17, 15) is 26.4 Å². The van der Waals surface area contributed by atoms with Crippen molar-refractivity contribution >= 4 is 27.3 Å². The third-order valence-corrected chi connectivity index (χ3v) is 7.35. The number of sulfonamides is 1. The van der Waals surface area contributed by atoms with Crippen LogP contribution < -0.4 is 13.8 Å². The van der Waals surface area contributed by atoms with Crippen molar-refractivity contribution in [3.8, 4) is 11.5 Å². The van der Waals surface area contributed by atoms with Gasteiger partial charge in [0.2, 0.25) is 6.79 Å². The second-order valence-electron chi connectivity index (χ2n) is 7.56. The van der Waals surface area contributed by atoms with Crippen molar-refractivity contribution in [1.29, 1.82) is 0 Å². The molecule has 0 bridgehead atoms. The molecule has 2 heterocycles. The number of carbonyl (C=O) groups excluding carboxylic acids is 1. The molecule has 2 aliphatic rings. The number of para-hydroxylation sites is 1. The molecule has 0 spiro atoms. The lowest BCUT2D eigenvalue weighted by Crippen LogP contribution is -2.39. The molecule has 0 aromatic heterocycles. The minimum atomic E-state index is -4.90. The van der Waals surface area contributed by atoms with Crippen LogP contribution in [0.3, 0.4) is 0 Å². The number of carbonyl (C=O) groups is 1. The number of ether oxygens (including phenoxy) is 3. The number of anilines is 1. The minimum Gasteiger partial charge on any atom is -0.464 e. The van der Waals surface area contributed by atoms with Crippen molar-refractivity contribution in [2.24, 2.45) is 0 Å². The first-order valence-electron chi connectivity index (χ1n) is 10.2. The summed E-state index contributed by atoms with van der Waals surface area (Å²) in [6, 6.07) is 14.6. The molecule has 0 unspecified atom stereocenters. The van der Waals surface area contributed by atoms with E-state index in [2.05, 4.69) is 0 Å². The molecule has 0 radical (unpaired) electrons. The minimum absolute atomic E-state index is 0.0300. The Kier molecular flexibility index (Phi) is 5.24. The van der Waals surface area contributed by atoms with Crippen LogP contribution in [0, 0.1) is 0 Å². The standard InChI is InChI=1S/C24H16F3NO6S/c1-32-23(29)22-21(14-10-11-18-19(12-14)34-13-33-18)15-6-2-5-9-20(15)35(30,31)28(22)17-8-4-3-7-16(17)24(25,26)27/h2-12H,13H2,1H3. The van der Waals surface area contributed by atoms with Gasteiger partial charge in [-0.3, -0.25) is 0 Å². The first-order chi connectivity index (χ1) is 16.6. The molecule has 0 N–H and O–H groups in total. The van der Waals surface area contributed by atoms with Gasteiger partial charge in [-0.15, -0.1) is 0 Å². The Labute approximate surface area is 198 Å². The molecule has 35 heavy (non-hydrogen) atoms. The van der Waals surface area contributed by atoms with Crippen LogP contribution in [0.5, 0.6) is 11.5 Å². The van der Waals surface area contributed by atoms with Crippen LogP contribution in [0.1, 0.15) is 16.7 Å². The van der Waals surface area contributed by atoms with Crippen molar-refractivity contribution in [3.05, 3.63) is 89.1 Å². The fourth-order valence-corrected chi connectivity index (χ4v) is 5.83. The molecule has 3 aromatic rings. The Morgan fingerprint density at radius 1 is 0.971 bits per heavy atom. The third-order valence-electron chi connectivity index (χ3n) is 5.58. The fourth-order valence-electron chi connectivity index (χ4n) is 4.11. The molecule has 180 valence electrons. The van der Waals surface area contributed by atoms with Crippen molar-refractivity contribution in [2.75, 3.05) is 18.2 Å². The quantitative estimate of drug-likeness (QED) is 0.487. The zero-order valence-corrected chi connectivity index (χ0v) is 18.8. The second kappa shape index (κ2) is 8.05. The topological polar surface area (TPSA) is 82.1 Å². The molecular formula is C24H16F3NO6S. The van der Waals surface area contributed by atoms with Gasteiger partial charge in [0.15, 0.2) is 17.2 Å². The normalized spacial score (nSPS) is 16.2. The third kappa shape index (κ3) is 3.59. The number of benzene rings is 3. The average molecular weight is 503 g/mol. The van der Waals surface area contributed by atoms with Crippen LogP contribution in [-0.4, -0.2) is 28.3 Å². The van der Waals surface area contributed by atoms with Crippen LogP contribution in [0.15, 0.2) is 77.3 Å². The van der Waals surface area contributed by atoms with E-state index in [4.69, 9.17) is 14.2 Å². The number of esters is 1. The van der Waals surface area contributed by atoms with E-state index in [1.807, 2.05) is 0 Å². The smallest absolute Gasteiger partial charge is 0.418 e. The van der Waals surface area contributed by atoms with E-state index in [-0.39, 0.29) is 22.8 Å². The van der Waals surface area contributed by atoms with Gasteiger partial charge in [-0.2, -0.15) is 13.2 Å². The van der Waals surface area contributed by atoms with Crippen molar-refractivity contribution in [1.82, 2.24) is 0 Å². The van der Waals surface area contributed by atoms with E-state index in [0.29, 0.717) is 21.4 Å². The van der Waals surface area contributed by atoms with Gasteiger partial charge in [0.05, 0.1) is 23.3 Å². The molecule has 7 nitrogen and oxygen atoms in total. The monoisotopic (exact) mass is 503 g/mol. The number of hydrogen-bond donors (Lipinski definition) is 0. The maximum absolute atomic E-state index is 13.9. The largest absolute Gasteiger partial charge is 0.464 e. The zero-order chi connectivity index (χ0) is 25.0. The summed E-state index contributed by atoms with van der Waals surface area (Å²) in [5, 5.41) is 0. The van der Waals surface area contributed by atoms with Gasteiger partial charge in [0.25, 0.3) is 10.0 Å². The molecule has 0 saturated carbocycles. The van der Waals surface area contributed by atoms with E-state index in [1.54, 1.807) is 18.2 Å². The van der Waals surface area contributed by atoms with Crippen LogP contribution in [-0.2, 0) is 25.7 Å². The predicted octanol–water partition coefficient (Wildman–Crippen LogP) is 4.58. The van der Waals surface area contributed by atoms with Crippen molar-refractivity contribution in [3.63, 3.8) is 0 Å². The Bertz CT molecular complexity index is 1500. The van der Waals surface area contributed by atoms with Crippen molar-refractivity contribution in [2.45, 2.75) is 11.1 Å². The number of methoxy groups -OCH3 is 1. The molecule has 0 atom stereocenters. The van der Waals surface area contributed by atoms with Crippen LogP contribution >= 0.6 is 0 Å². The first kappa shape index (κ1) is 22.8. The van der Waals surface area contributed by atoms with E-state index in [0.717, 1.165) is 25.3 Å². The summed E-state index contributed by atoms with van der Waals surface area (Å²) in [6.07, 6.45) is -4.90. The highest BCUT2D eigenvalue weighted by Gasteiger charge is 2.45. The van der Waals surface area contributed by atoms with Gasteiger partial charge in [-0.05, 0) is 35.9 Å². The van der Waals surface area contributed by atoms with Gasteiger partial charge in [-0.1, -0.05) is 36.4 Å². The molecule has 5 rings (SSSR count). The molecule has 3 aromatic carbocycles. The summed E-state index contributed by atoms with van der Waals surface area (Å²) in [5.74, 6) is -0.356. The highest BCUT2D eigenvalue weighted by atomic mass is 32.2. The lowest BCUT2D eigenvalue weighted by Gasteiger charge is -2.34. The molecule has 0 fully saturated rings. The number of rotatable bonds is 3. The molecular weight excluding hydrogens is 487 g/mol. The summed E-state index contributed by atoms with van der Waals surface area (Å²) in [5.41, 5.74) is -2.01. The number of alkyl halides is 3. The fraction of sp³-hybridized carbons (Fsp3) is 0.125. The predicted molar refractivity (Wildman–Crippen MR) is 118 cm³/mol. The van der Waals surface area contributed by atoms with E-state index < -0.39 is 39.1 Å². The van der Waals surface area contributed by atoms with Crippen LogP contribution in [0.2, 0.25) is 0 Å². The number of hydrogen-bond acceptors (Lipinski definition) is 6. The van der Waals surface area contributed by atoms with Gasteiger partial charge < -0.3 is 14.2 Å². The Hall–Kier alpha value is -3.99. The highest BCUT2D eigenvalue weighted by Crippen LogP contribution is 2.47. The van der Waals surface area contributed by atoms with Crippen LogP contribution in [0.4, 0.5) is 18.9 Å². The maximum Gasteiger partial charge on any atom is 0.418 e. The summed E-state index contributed by atoms with van der Waals surface area (Å²) < 4.78 is 85.4. The zero-order valence-electron chi connectivity index (χ0n) is 18.0. The Morgan fingerprint density at radius 3 is 2.40 bits per heavy atom. The van der Waals surface area contributed by atoms with Gasteiger partial charge in [0, 0.05) is 11.1 Å². The number of fused-ring (bicyclic) bond motifs is 2. The first-order valence-corrected chi connectivity index (χ1v) is 11.6. The molecule has 0 aliphatic carbocycles. The van der Waals surface area contributed by atoms with Crippen LogP contribution in [0.25, 0.3) is 5.57 Å². The molecule has 2 aliphatic heterocycles. The number of nitrogens with zero attached hydrogens (tertiary/aromatic N) is 1. The SMILES string of the molecule is COC(=O)C1=C(c2ccc3c(c2)OCO3)c2ccccc2S(=O)(=O)N1c1ccccc1C(F)(F)F. The maximum atomic E-state index is 13.9. The molecule has 11 heteroatoms. The van der Waals surface area contributed by atoms with Gasteiger partial charge >= 0.3 is 12.1 Å². The lowest BCUT2D eigenvalue weighted by atomic mass is 9.94. The summed E-state index contributed by atoms with van der Waals surface area (Å²) in [7, 11) is -3.64. The molecule has 0 saturated heterocycles. The average Bonchev–Trinajstić information content (AvgIpc) is 3.30. The van der Waals surface area contributed by atoms with E-state index in [1.165, 1.54) is 30.3 Å². The van der Waals surface area contributed by atoms with Gasteiger partial charge in [-0.25, -0.2) is 17.5 Å². The molecule has 0 amide bonds. The summed E-state index contributed by atoms with van der Waals surface area (Å²) in [4.78, 5) is 12.8. The van der Waals surface area contributed by atoms with Gasteiger partial charge in [0.1, 0.15) is 0 Å². The Morgan fingerprint density at radius 2 is 1.66 bits per heavy atom. The summed E-state index contributed by atoms with van der Waals surface area (Å²) >= 11 is 0. The second-order valence-corrected chi connectivity index (χ2v) is 9.32. The summed E-state index contributed by atoms with van der Waals surface area (Å²) in [6.45, 7) is -0.0300. The lowest BCUT2D eigenvalue weighted by molar-refractivity contribution is -0.138. The number of halogens is 3.